The van der Waals surface area contributed by atoms with Crippen molar-refractivity contribution < 1.29 is 22.5 Å². The van der Waals surface area contributed by atoms with E-state index in [0.29, 0.717) is 24.5 Å². The van der Waals surface area contributed by atoms with Crippen LogP contribution in [-0.2, 0) is 0 Å². The fraction of sp³-hybridized carbons (Fsp3) is 0.471. The van der Waals surface area contributed by atoms with Crippen molar-refractivity contribution in [2.75, 3.05) is 32.7 Å². The van der Waals surface area contributed by atoms with Gasteiger partial charge in [-0.2, -0.15) is 18.2 Å². The van der Waals surface area contributed by atoms with E-state index < -0.39 is 24.7 Å². The van der Waals surface area contributed by atoms with Gasteiger partial charge in [-0.25, -0.2) is 0 Å². The SMILES string of the molecule is Cc1noc(-c2ccccc2C(=O)NCC(N2CCNCC2)C(F)(F)F)n1. The molecule has 10 heteroatoms. The zero-order valence-electron chi connectivity index (χ0n) is 14.7. The third-order valence-electron chi connectivity index (χ3n) is 4.36. The summed E-state index contributed by atoms with van der Waals surface area (Å²) >= 11 is 0. The third-order valence-corrected chi connectivity index (χ3v) is 4.36. The summed E-state index contributed by atoms with van der Waals surface area (Å²) in [6, 6.07) is 4.70. The largest absolute Gasteiger partial charge is 0.405 e. The van der Waals surface area contributed by atoms with Crippen LogP contribution in [0.4, 0.5) is 13.2 Å². The van der Waals surface area contributed by atoms with Gasteiger partial charge in [-0.3, -0.25) is 9.69 Å². The second-order valence-electron chi connectivity index (χ2n) is 6.25. The second kappa shape index (κ2) is 8.05. The summed E-state index contributed by atoms with van der Waals surface area (Å²) < 4.78 is 45.5. The first kappa shape index (κ1) is 19.3. The molecular formula is C17H20F3N5O2. The van der Waals surface area contributed by atoms with E-state index in [9.17, 15) is 18.0 Å². The molecule has 7 nitrogen and oxygen atoms in total. The van der Waals surface area contributed by atoms with Crippen LogP contribution in [0, 0.1) is 6.92 Å². The van der Waals surface area contributed by atoms with Crippen LogP contribution in [0.25, 0.3) is 11.5 Å². The Morgan fingerprint density at radius 3 is 2.67 bits per heavy atom. The lowest BCUT2D eigenvalue weighted by molar-refractivity contribution is -0.183. The van der Waals surface area contributed by atoms with E-state index in [1.165, 1.54) is 11.0 Å². The topological polar surface area (TPSA) is 83.3 Å². The molecule has 2 N–H and O–H groups in total. The van der Waals surface area contributed by atoms with E-state index in [-0.39, 0.29) is 24.5 Å². The van der Waals surface area contributed by atoms with Gasteiger partial charge in [-0.05, 0) is 19.1 Å². The summed E-state index contributed by atoms with van der Waals surface area (Å²) in [5, 5.41) is 9.11. The number of rotatable bonds is 5. The predicted molar refractivity (Wildman–Crippen MR) is 91.1 cm³/mol. The summed E-state index contributed by atoms with van der Waals surface area (Å²) in [4.78, 5) is 18.0. The lowest BCUT2D eigenvalue weighted by Gasteiger charge is -2.35. The maximum Gasteiger partial charge on any atom is 0.405 e. The summed E-state index contributed by atoms with van der Waals surface area (Å²) in [5.41, 5.74) is 0.559. The Kier molecular flexibility index (Phi) is 5.76. The van der Waals surface area contributed by atoms with Crippen molar-refractivity contribution in [3.05, 3.63) is 35.7 Å². The highest BCUT2D eigenvalue weighted by Crippen LogP contribution is 2.26. The Hall–Kier alpha value is -2.46. The third kappa shape index (κ3) is 4.64. The molecule has 0 aliphatic carbocycles. The minimum atomic E-state index is -4.44. The first-order valence-corrected chi connectivity index (χ1v) is 8.55. The highest BCUT2D eigenvalue weighted by molar-refractivity contribution is 5.99. The van der Waals surface area contributed by atoms with Crippen molar-refractivity contribution in [1.29, 1.82) is 0 Å². The Balaban J connectivity index is 1.75. The van der Waals surface area contributed by atoms with Crippen LogP contribution in [0.1, 0.15) is 16.2 Å². The van der Waals surface area contributed by atoms with Crippen molar-refractivity contribution in [2.45, 2.75) is 19.1 Å². The number of benzene rings is 1. The van der Waals surface area contributed by atoms with Gasteiger partial charge in [0.1, 0.15) is 6.04 Å². The van der Waals surface area contributed by atoms with Crippen molar-refractivity contribution in [2.24, 2.45) is 0 Å². The molecule has 1 amide bonds. The summed E-state index contributed by atoms with van der Waals surface area (Å²) in [5.74, 6) is -0.0744. The number of nitrogens with zero attached hydrogens (tertiary/aromatic N) is 3. The van der Waals surface area contributed by atoms with Gasteiger partial charge in [0.2, 0.25) is 0 Å². The van der Waals surface area contributed by atoms with Crippen molar-refractivity contribution in [1.82, 2.24) is 25.7 Å². The van der Waals surface area contributed by atoms with Crippen LogP contribution in [0.15, 0.2) is 28.8 Å². The zero-order valence-corrected chi connectivity index (χ0v) is 14.7. The molecule has 0 saturated carbocycles. The minimum Gasteiger partial charge on any atom is -0.350 e. The van der Waals surface area contributed by atoms with Gasteiger partial charge in [0.25, 0.3) is 11.8 Å². The number of alkyl halides is 3. The van der Waals surface area contributed by atoms with Crippen molar-refractivity contribution in [3.63, 3.8) is 0 Å². The van der Waals surface area contributed by atoms with Gasteiger partial charge in [0.15, 0.2) is 5.82 Å². The monoisotopic (exact) mass is 383 g/mol. The molecule has 1 fully saturated rings. The molecular weight excluding hydrogens is 363 g/mol. The molecule has 1 aliphatic heterocycles. The molecule has 146 valence electrons. The van der Waals surface area contributed by atoms with Crippen molar-refractivity contribution in [3.8, 4) is 11.5 Å². The standard InChI is InChI=1S/C17H20F3N5O2/c1-11-23-16(27-24-11)13-5-3-2-4-12(13)15(26)22-10-14(17(18,19)20)25-8-6-21-7-9-25/h2-5,14,21H,6-10H2,1H3,(H,22,26). The molecule has 1 aromatic heterocycles. The van der Waals surface area contributed by atoms with Crippen LogP contribution in [0.5, 0.6) is 0 Å². The van der Waals surface area contributed by atoms with Gasteiger partial charge < -0.3 is 15.2 Å². The molecule has 2 aromatic rings. The minimum absolute atomic E-state index is 0.146. The molecule has 0 radical (unpaired) electrons. The van der Waals surface area contributed by atoms with Gasteiger partial charge in [0.05, 0.1) is 11.1 Å². The van der Waals surface area contributed by atoms with Gasteiger partial charge in [-0.1, -0.05) is 17.3 Å². The summed E-state index contributed by atoms with van der Waals surface area (Å²) in [6.07, 6.45) is -4.44. The first-order chi connectivity index (χ1) is 12.9. The molecule has 1 atom stereocenters. The number of amides is 1. The van der Waals surface area contributed by atoms with Crippen LogP contribution in [0.2, 0.25) is 0 Å². The predicted octanol–water partition coefficient (Wildman–Crippen LogP) is 1.61. The van der Waals surface area contributed by atoms with E-state index >= 15 is 0 Å². The van der Waals surface area contributed by atoms with Gasteiger partial charge in [-0.15, -0.1) is 0 Å². The second-order valence-corrected chi connectivity index (χ2v) is 6.25. The van der Waals surface area contributed by atoms with E-state index in [0.717, 1.165) is 0 Å². The molecule has 27 heavy (non-hydrogen) atoms. The number of carbonyl (C=O) groups excluding carboxylic acids is 1. The molecule has 1 aromatic carbocycles. The maximum absolute atomic E-state index is 13.5. The summed E-state index contributed by atoms with van der Waals surface area (Å²) in [7, 11) is 0. The zero-order chi connectivity index (χ0) is 19.4. The highest BCUT2D eigenvalue weighted by Gasteiger charge is 2.43. The highest BCUT2D eigenvalue weighted by atomic mass is 19.4. The molecule has 0 bridgehead atoms. The van der Waals surface area contributed by atoms with E-state index in [1.807, 2.05) is 0 Å². The molecule has 1 saturated heterocycles. The summed E-state index contributed by atoms with van der Waals surface area (Å²) in [6.45, 7) is 2.63. The number of aryl methyl sites for hydroxylation is 1. The Bertz CT molecular complexity index is 787. The van der Waals surface area contributed by atoms with Crippen molar-refractivity contribution >= 4 is 5.91 Å². The molecule has 3 rings (SSSR count). The number of piperazine rings is 1. The lowest BCUT2D eigenvalue weighted by Crippen LogP contribution is -2.57. The molecule has 0 spiro atoms. The first-order valence-electron chi connectivity index (χ1n) is 8.55. The van der Waals surface area contributed by atoms with Crippen LogP contribution in [-0.4, -0.2) is 65.9 Å². The Morgan fingerprint density at radius 2 is 2.04 bits per heavy atom. The molecule has 2 heterocycles. The molecule has 1 aliphatic rings. The quantitative estimate of drug-likeness (QED) is 0.816. The number of halogens is 3. The number of aromatic nitrogens is 2. The Morgan fingerprint density at radius 1 is 1.33 bits per heavy atom. The molecule has 1 unspecified atom stereocenters. The van der Waals surface area contributed by atoms with Gasteiger partial charge in [0, 0.05) is 32.7 Å². The number of nitrogens with one attached hydrogen (secondary N) is 2. The Labute approximate surface area is 153 Å². The average Bonchev–Trinajstić information content (AvgIpc) is 3.08. The smallest absolute Gasteiger partial charge is 0.350 e. The van der Waals surface area contributed by atoms with E-state index in [2.05, 4.69) is 20.8 Å². The van der Waals surface area contributed by atoms with Gasteiger partial charge >= 0.3 is 6.18 Å². The number of hydrogen-bond donors (Lipinski definition) is 2. The number of carbonyl (C=O) groups is 1. The normalized spacial score (nSPS) is 16.9. The fourth-order valence-corrected chi connectivity index (χ4v) is 3.00. The fourth-order valence-electron chi connectivity index (χ4n) is 3.00. The van der Waals surface area contributed by atoms with Crippen LogP contribution >= 0.6 is 0 Å². The lowest BCUT2D eigenvalue weighted by atomic mass is 10.1. The average molecular weight is 383 g/mol. The van der Waals surface area contributed by atoms with Crippen LogP contribution < -0.4 is 10.6 Å². The number of hydrogen-bond acceptors (Lipinski definition) is 6. The van der Waals surface area contributed by atoms with Crippen LogP contribution in [0.3, 0.4) is 0 Å². The maximum atomic E-state index is 13.5. The van der Waals surface area contributed by atoms with E-state index in [4.69, 9.17) is 4.52 Å². The van der Waals surface area contributed by atoms with E-state index in [1.54, 1.807) is 25.1 Å².